The van der Waals surface area contributed by atoms with E-state index in [9.17, 15) is 8.42 Å². The fourth-order valence-electron chi connectivity index (χ4n) is 1.77. The SMILES string of the molecule is Cc1oc(CN)cc1S(=O)(=O)N(C)Cc1ccsc1. The Bertz CT molecular complexity index is 645. The van der Waals surface area contributed by atoms with Crippen molar-refractivity contribution in [3.8, 4) is 0 Å². The summed E-state index contributed by atoms with van der Waals surface area (Å²) in [5.74, 6) is 0.845. The predicted octanol–water partition coefficient (Wildman–Crippen LogP) is 1.93. The van der Waals surface area contributed by atoms with Crippen molar-refractivity contribution in [2.24, 2.45) is 5.73 Å². The summed E-state index contributed by atoms with van der Waals surface area (Å²) in [4.78, 5) is 0.186. The molecular formula is C12H16N2O3S2. The van der Waals surface area contributed by atoms with Crippen LogP contribution < -0.4 is 5.73 Å². The Labute approximate surface area is 116 Å². The minimum atomic E-state index is -3.55. The van der Waals surface area contributed by atoms with Gasteiger partial charge in [0.1, 0.15) is 16.4 Å². The van der Waals surface area contributed by atoms with E-state index in [0.29, 0.717) is 18.1 Å². The number of hydrogen-bond donors (Lipinski definition) is 1. The van der Waals surface area contributed by atoms with Gasteiger partial charge in [0.05, 0.1) is 6.54 Å². The lowest BCUT2D eigenvalue weighted by Gasteiger charge is -2.15. The molecular weight excluding hydrogens is 284 g/mol. The van der Waals surface area contributed by atoms with Gasteiger partial charge in [-0.15, -0.1) is 0 Å². The molecule has 0 aliphatic rings. The molecule has 0 spiro atoms. The smallest absolute Gasteiger partial charge is 0.246 e. The topological polar surface area (TPSA) is 76.5 Å². The average Bonchev–Trinajstić information content (AvgIpc) is 2.98. The zero-order valence-corrected chi connectivity index (χ0v) is 12.4. The van der Waals surface area contributed by atoms with E-state index in [-0.39, 0.29) is 11.4 Å². The molecule has 0 aliphatic heterocycles. The normalized spacial score (nSPS) is 12.2. The van der Waals surface area contributed by atoms with Gasteiger partial charge in [0.15, 0.2) is 0 Å². The monoisotopic (exact) mass is 300 g/mol. The first-order valence-corrected chi connectivity index (χ1v) is 8.10. The molecule has 0 aliphatic carbocycles. The Hall–Kier alpha value is -1.15. The van der Waals surface area contributed by atoms with E-state index >= 15 is 0 Å². The lowest BCUT2D eigenvalue weighted by Crippen LogP contribution is -2.26. The van der Waals surface area contributed by atoms with Crippen molar-refractivity contribution in [2.45, 2.75) is 24.9 Å². The lowest BCUT2D eigenvalue weighted by atomic mass is 10.3. The van der Waals surface area contributed by atoms with Gasteiger partial charge in [0.25, 0.3) is 0 Å². The summed E-state index contributed by atoms with van der Waals surface area (Å²) < 4.78 is 31.5. The highest BCUT2D eigenvalue weighted by Crippen LogP contribution is 2.24. The molecule has 2 aromatic heterocycles. The third-order valence-electron chi connectivity index (χ3n) is 2.80. The van der Waals surface area contributed by atoms with Crippen molar-refractivity contribution < 1.29 is 12.8 Å². The second-order valence-electron chi connectivity index (χ2n) is 4.23. The minimum Gasteiger partial charge on any atom is -0.464 e. The summed E-state index contributed by atoms with van der Waals surface area (Å²) in [7, 11) is -1.99. The van der Waals surface area contributed by atoms with Crippen LogP contribution in [0.1, 0.15) is 17.1 Å². The predicted molar refractivity (Wildman–Crippen MR) is 74.3 cm³/mol. The van der Waals surface area contributed by atoms with E-state index in [1.807, 2.05) is 16.8 Å². The van der Waals surface area contributed by atoms with Gasteiger partial charge in [-0.2, -0.15) is 15.6 Å². The van der Waals surface area contributed by atoms with Gasteiger partial charge in [-0.1, -0.05) is 0 Å². The first-order chi connectivity index (χ1) is 8.95. The van der Waals surface area contributed by atoms with Crippen LogP contribution in [-0.2, 0) is 23.1 Å². The Kier molecular flexibility index (Phi) is 4.10. The maximum atomic E-state index is 12.4. The van der Waals surface area contributed by atoms with E-state index in [0.717, 1.165) is 5.56 Å². The summed E-state index contributed by atoms with van der Waals surface area (Å²) in [6, 6.07) is 3.40. The first-order valence-electron chi connectivity index (χ1n) is 5.72. The molecule has 0 radical (unpaired) electrons. The highest BCUT2D eigenvalue weighted by molar-refractivity contribution is 7.89. The van der Waals surface area contributed by atoms with Crippen LogP contribution in [0.25, 0.3) is 0 Å². The van der Waals surface area contributed by atoms with Crippen molar-refractivity contribution in [1.29, 1.82) is 0 Å². The Balaban J connectivity index is 2.28. The number of nitrogens with two attached hydrogens (primary N) is 1. The molecule has 0 atom stereocenters. The van der Waals surface area contributed by atoms with Gasteiger partial charge in [0.2, 0.25) is 10.0 Å². The van der Waals surface area contributed by atoms with E-state index < -0.39 is 10.0 Å². The Morgan fingerprint density at radius 2 is 2.21 bits per heavy atom. The van der Waals surface area contributed by atoms with Crippen LogP contribution in [-0.4, -0.2) is 19.8 Å². The second-order valence-corrected chi connectivity index (χ2v) is 7.02. The van der Waals surface area contributed by atoms with E-state index in [2.05, 4.69) is 0 Å². The van der Waals surface area contributed by atoms with Crippen molar-refractivity contribution in [3.63, 3.8) is 0 Å². The second kappa shape index (κ2) is 5.46. The van der Waals surface area contributed by atoms with Gasteiger partial charge in [-0.3, -0.25) is 0 Å². The molecule has 2 aromatic rings. The minimum absolute atomic E-state index is 0.185. The Morgan fingerprint density at radius 1 is 1.47 bits per heavy atom. The number of thiophene rings is 1. The summed E-state index contributed by atoms with van der Waals surface area (Å²) >= 11 is 1.54. The fourth-order valence-corrected chi connectivity index (χ4v) is 3.77. The molecule has 5 nitrogen and oxygen atoms in total. The van der Waals surface area contributed by atoms with Gasteiger partial charge < -0.3 is 10.2 Å². The zero-order chi connectivity index (χ0) is 14.0. The van der Waals surface area contributed by atoms with E-state index in [1.54, 1.807) is 25.3 Å². The molecule has 0 fully saturated rings. The van der Waals surface area contributed by atoms with Crippen LogP contribution in [0.3, 0.4) is 0 Å². The van der Waals surface area contributed by atoms with Crippen molar-refractivity contribution in [1.82, 2.24) is 4.31 Å². The Morgan fingerprint density at radius 3 is 2.74 bits per heavy atom. The number of aryl methyl sites for hydroxylation is 1. The third kappa shape index (κ3) is 2.89. The molecule has 0 saturated heterocycles. The fraction of sp³-hybridized carbons (Fsp3) is 0.333. The van der Waals surface area contributed by atoms with E-state index in [1.165, 1.54) is 10.4 Å². The number of furan rings is 1. The molecule has 0 bridgehead atoms. The van der Waals surface area contributed by atoms with Crippen LogP contribution in [0.2, 0.25) is 0 Å². The lowest BCUT2D eigenvalue weighted by molar-refractivity contribution is 0.456. The maximum absolute atomic E-state index is 12.4. The van der Waals surface area contributed by atoms with E-state index in [4.69, 9.17) is 10.2 Å². The molecule has 0 unspecified atom stereocenters. The number of nitrogens with zero attached hydrogens (tertiary/aromatic N) is 1. The summed E-state index contributed by atoms with van der Waals surface area (Å²) in [5.41, 5.74) is 6.43. The van der Waals surface area contributed by atoms with Crippen molar-refractivity contribution in [2.75, 3.05) is 7.05 Å². The molecule has 0 amide bonds. The van der Waals surface area contributed by atoms with Crippen LogP contribution in [0.4, 0.5) is 0 Å². The number of sulfonamides is 1. The molecule has 7 heteroatoms. The summed E-state index contributed by atoms with van der Waals surface area (Å²) in [6.07, 6.45) is 0. The van der Waals surface area contributed by atoms with Crippen molar-refractivity contribution >= 4 is 21.4 Å². The molecule has 2 rings (SSSR count). The molecule has 0 aromatic carbocycles. The van der Waals surface area contributed by atoms with Crippen LogP contribution >= 0.6 is 11.3 Å². The highest BCUT2D eigenvalue weighted by Gasteiger charge is 2.26. The zero-order valence-electron chi connectivity index (χ0n) is 10.8. The number of hydrogen-bond acceptors (Lipinski definition) is 5. The maximum Gasteiger partial charge on any atom is 0.246 e. The van der Waals surface area contributed by atoms with Crippen LogP contribution in [0.15, 0.2) is 32.2 Å². The first kappa shape index (κ1) is 14.3. The number of rotatable bonds is 5. The van der Waals surface area contributed by atoms with Crippen LogP contribution in [0, 0.1) is 6.92 Å². The van der Waals surface area contributed by atoms with Gasteiger partial charge in [-0.05, 0) is 29.3 Å². The third-order valence-corrected chi connectivity index (χ3v) is 5.44. The van der Waals surface area contributed by atoms with Crippen molar-refractivity contribution in [3.05, 3.63) is 40.0 Å². The molecule has 2 heterocycles. The largest absolute Gasteiger partial charge is 0.464 e. The summed E-state index contributed by atoms with van der Waals surface area (Å²) in [5, 5.41) is 3.85. The van der Waals surface area contributed by atoms with Gasteiger partial charge in [0, 0.05) is 19.7 Å². The van der Waals surface area contributed by atoms with Gasteiger partial charge in [-0.25, -0.2) is 8.42 Å². The molecule has 19 heavy (non-hydrogen) atoms. The molecule has 104 valence electrons. The standard InChI is InChI=1S/C12H16N2O3S2/c1-9-12(5-11(6-13)17-9)19(15,16)14(2)7-10-3-4-18-8-10/h3-5,8H,6-7,13H2,1-2H3. The quantitative estimate of drug-likeness (QED) is 0.915. The highest BCUT2D eigenvalue weighted by atomic mass is 32.2. The summed E-state index contributed by atoms with van der Waals surface area (Å²) in [6.45, 7) is 2.16. The molecule has 2 N–H and O–H groups in total. The van der Waals surface area contributed by atoms with Gasteiger partial charge >= 0.3 is 0 Å². The van der Waals surface area contributed by atoms with Crippen LogP contribution in [0.5, 0.6) is 0 Å². The molecule has 0 saturated carbocycles. The average molecular weight is 300 g/mol.